The fraction of sp³-hybridized carbons (Fsp3) is 0.529. The average Bonchev–Trinajstić information content (AvgIpc) is 2.94. The molecule has 2 N–H and O–H groups in total. The molecule has 0 spiro atoms. The average molecular weight is 301 g/mol. The van der Waals surface area contributed by atoms with Gasteiger partial charge in [0, 0.05) is 30.9 Å². The number of rotatable bonds is 3. The van der Waals surface area contributed by atoms with Crippen LogP contribution in [0.1, 0.15) is 32.6 Å². The number of nitrogens with zero attached hydrogens (tertiary/aromatic N) is 1. The van der Waals surface area contributed by atoms with Gasteiger partial charge in [-0.15, -0.1) is 0 Å². The Hall–Kier alpha value is -1.88. The largest absolute Gasteiger partial charge is 0.326 e. The van der Waals surface area contributed by atoms with E-state index in [-0.39, 0.29) is 17.2 Å². The monoisotopic (exact) mass is 301 g/mol. The molecular weight excluding hydrogens is 278 g/mol. The van der Waals surface area contributed by atoms with Crippen molar-refractivity contribution in [3.8, 4) is 0 Å². The third-order valence-corrected chi connectivity index (χ3v) is 4.63. The first-order valence-electron chi connectivity index (χ1n) is 8.01. The molecule has 0 radical (unpaired) electrons. The van der Waals surface area contributed by atoms with E-state index in [0.29, 0.717) is 13.0 Å². The molecule has 1 atom stereocenters. The molecule has 5 heteroatoms. The van der Waals surface area contributed by atoms with E-state index in [1.54, 1.807) is 4.90 Å². The highest BCUT2D eigenvalue weighted by Gasteiger charge is 2.34. The normalized spacial score (nSPS) is 25.3. The molecule has 2 saturated heterocycles. The van der Waals surface area contributed by atoms with E-state index >= 15 is 0 Å². The minimum atomic E-state index is -0.363. The van der Waals surface area contributed by atoms with Gasteiger partial charge in [-0.3, -0.25) is 9.59 Å². The molecule has 2 amide bonds. The third kappa shape index (κ3) is 2.99. The van der Waals surface area contributed by atoms with Crippen LogP contribution in [-0.2, 0) is 9.59 Å². The van der Waals surface area contributed by atoms with Gasteiger partial charge in [0.25, 0.3) is 0 Å². The molecular formula is C17H23N3O2. The van der Waals surface area contributed by atoms with Gasteiger partial charge < -0.3 is 15.5 Å². The lowest BCUT2D eigenvalue weighted by molar-refractivity contribution is -0.125. The van der Waals surface area contributed by atoms with Crippen molar-refractivity contribution in [1.29, 1.82) is 0 Å². The third-order valence-electron chi connectivity index (χ3n) is 4.63. The van der Waals surface area contributed by atoms with Gasteiger partial charge in [-0.25, -0.2) is 0 Å². The minimum Gasteiger partial charge on any atom is -0.326 e. The number of carbonyl (C=O) groups excluding carboxylic acids is 2. The zero-order valence-corrected chi connectivity index (χ0v) is 13.0. The maximum absolute atomic E-state index is 12.6. The Morgan fingerprint density at radius 2 is 2.23 bits per heavy atom. The number of benzene rings is 1. The molecule has 2 heterocycles. The summed E-state index contributed by atoms with van der Waals surface area (Å²) >= 11 is 0. The van der Waals surface area contributed by atoms with Gasteiger partial charge in [-0.05, 0) is 50.9 Å². The van der Waals surface area contributed by atoms with Crippen molar-refractivity contribution in [2.24, 2.45) is 5.41 Å². The zero-order valence-electron chi connectivity index (χ0n) is 13.0. The van der Waals surface area contributed by atoms with E-state index in [2.05, 4.69) is 10.6 Å². The van der Waals surface area contributed by atoms with Crippen molar-refractivity contribution >= 4 is 23.2 Å². The van der Waals surface area contributed by atoms with Gasteiger partial charge in [0.1, 0.15) is 0 Å². The van der Waals surface area contributed by atoms with Gasteiger partial charge in [0.05, 0.1) is 5.41 Å². The van der Waals surface area contributed by atoms with Crippen LogP contribution in [-0.4, -0.2) is 31.4 Å². The first-order chi connectivity index (χ1) is 10.6. The summed E-state index contributed by atoms with van der Waals surface area (Å²) in [5.41, 5.74) is 1.26. The maximum Gasteiger partial charge on any atom is 0.231 e. The van der Waals surface area contributed by atoms with E-state index in [9.17, 15) is 9.59 Å². The number of hydrogen-bond acceptors (Lipinski definition) is 3. The zero-order chi connectivity index (χ0) is 15.6. The summed E-state index contributed by atoms with van der Waals surface area (Å²) in [7, 11) is 0. The van der Waals surface area contributed by atoms with Crippen LogP contribution in [0.3, 0.4) is 0 Å². The molecule has 0 aromatic heterocycles. The molecule has 0 bridgehead atoms. The summed E-state index contributed by atoms with van der Waals surface area (Å²) in [6.45, 7) is 4.46. The molecule has 0 saturated carbocycles. The molecule has 2 fully saturated rings. The van der Waals surface area contributed by atoms with Crippen LogP contribution < -0.4 is 15.5 Å². The molecule has 22 heavy (non-hydrogen) atoms. The van der Waals surface area contributed by atoms with Crippen molar-refractivity contribution in [2.45, 2.75) is 32.6 Å². The molecule has 118 valence electrons. The molecule has 3 rings (SSSR count). The molecule has 2 aliphatic heterocycles. The van der Waals surface area contributed by atoms with E-state index in [1.165, 1.54) is 0 Å². The first kappa shape index (κ1) is 15.0. The SMILES string of the molecule is C[C@]1(C(=O)Nc2cccc(N3CCCC3=O)c2)CCCNC1. The predicted octanol–water partition coefficient (Wildman–Crippen LogP) is 2.14. The highest BCUT2D eigenvalue weighted by molar-refractivity contribution is 5.98. The smallest absolute Gasteiger partial charge is 0.231 e. The maximum atomic E-state index is 12.6. The second kappa shape index (κ2) is 6.08. The van der Waals surface area contributed by atoms with E-state index in [1.807, 2.05) is 31.2 Å². The number of nitrogens with one attached hydrogen (secondary N) is 2. The van der Waals surface area contributed by atoms with Crippen LogP contribution >= 0.6 is 0 Å². The van der Waals surface area contributed by atoms with E-state index < -0.39 is 0 Å². The fourth-order valence-corrected chi connectivity index (χ4v) is 3.20. The van der Waals surface area contributed by atoms with Crippen molar-refractivity contribution in [3.63, 3.8) is 0 Å². The van der Waals surface area contributed by atoms with E-state index in [4.69, 9.17) is 0 Å². The number of carbonyl (C=O) groups is 2. The Morgan fingerprint density at radius 1 is 1.36 bits per heavy atom. The summed E-state index contributed by atoms with van der Waals surface area (Å²) in [5.74, 6) is 0.205. The van der Waals surface area contributed by atoms with Gasteiger partial charge in [0.2, 0.25) is 11.8 Å². The Balaban J connectivity index is 1.72. The van der Waals surface area contributed by atoms with Crippen LogP contribution in [0, 0.1) is 5.41 Å². The quantitative estimate of drug-likeness (QED) is 0.899. The van der Waals surface area contributed by atoms with Crippen LogP contribution in [0.4, 0.5) is 11.4 Å². The molecule has 0 aliphatic carbocycles. The molecule has 1 aromatic carbocycles. The Kier molecular flexibility index (Phi) is 4.16. The molecule has 5 nitrogen and oxygen atoms in total. The second-order valence-electron chi connectivity index (χ2n) is 6.49. The van der Waals surface area contributed by atoms with Crippen LogP contribution in [0.25, 0.3) is 0 Å². The summed E-state index contributed by atoms with van der Waals surface area (Å²) in [6, 6.07) is 7.57. The lowest BCUT2D eigenvalue weighted by Gasteiger charge is -2.32. The van der Waals surface area contributed by atoms with Crippen molar-refractivity contribution in [2.75, 3.05) is 29.9 Å². The number of anilines is 2. The van der Waals surface area contributed by atoms with Gasteiger partial charge in [0.15, 0.2) is 0 Å². The van der Waals surface area contributed by atoms with Crippen molar-refractivity contribution in [1.82, 2.24) is 5.32 Å². The number of hydrogen-bond donors (Lipinski definition) is 2. The molecule has 1 aromatic rings. The Labute approximate surface area is 131 Å². The lowest BCUT2D eigenvalue weighted by atomic mass is 9.82. The minimum absolute atomic E-state index is 0.0459. The highest BCUT2D eigenvalue weighted by Crippen LogP contribution is 2.29. The summed E-state index contributed by atoms with van der Waals surface area (Å²) in [5, 5.41) is 6.30. The summed E-state index contributed by atoms with van der Waals surface area (Å²) < 4.78 is 0. The van der Waals surface area contributed by atoms with E-state index in [0.717, 1.165) is 43.7 Å². The Morgan fingerprint density at radius 3 is 2.91 bits per heavy atom. The molecule has 0 unspecified atom stereocenters. The topological polar surface area (TPSA) is 61.4 Å². The number of amides is 2. The summed E-state index contributed by atoms with van der Waals surface area (Å²) in [6.07, 6.45) is 3.43. The fourth-order valence-electron chi connectivity index (χ4n) is 3.20. The number of piperidine rings is 1. The second-order valence-corrected chi connectivity index (χ2v) is 6.49. The molecule has 2 aliphatic rings. The van der Waals surface area contributed by atoms with Crippen LogP contribution in [0.5, 0.6) is 0 Å². The standard InChI is InChI=1S/C17H23N3O2/c1-17(8-4-9-18-12-17)16(22)19-13-5-2-6-14(11-13)20-10-3-7-15(20)21/h2,5-6,11,18H,3-4,7-10,12H2,1H3,(H,19,22)/t17-/m0/s1. The Bertz CT molecular complexity index is 579. The summed E-state index contributed by atoms with van der Waals surface area (Å²) in [4.78, 5) is 26.2. The highest BCUT2D eigenvalue weighted by atomic mass is 16.2. The first-order valence-corrected chi connectivity index (χ1v) is 8.01. The van der Waals surface area contributed by atoms with Gasteiger partial charge in [-0.1, -0.05) is 6.07 Å². The van der Waals surface area contributed by atoms with Gasteiger partial charge in [-0.2, -0.15) is 0 Å². The van der Waals surface area contributed by atoms with Crippen molar-refractivity contribution < 1.29 is 9.59 Å². The van der Waals surface area contributed by atoms with Crippen LogP contribution in [0.2, 0.25) is 0 Å². The van der Waals surface area contributed by atoms with Gasteiger partial charge >= 0.3 is 0 Å². The predicted molar refractivity (Wildman–Crippen MR) is 86.9 cm³/mol. The lowest BCUT2D eigenvalue weighted by Crippen LogP contribution is -2.46. The van der Waals surface area contributed by atoms with Crippen molar-refractivity contribution in [3.05, 3.63) is 24.3 Å². The van der Waals surface area contributed by atoms with Crippen LogP contribution in [0.15, 0.2) is 24.3 Å².